The van der Waals surface area contributed by atoms with Gasteiger partial charge < -0.3 is 5.73 Å². The minimum Gasteiger partial charge on any atom is -0.329 e. The molecule has 17 heavy (non-hydrogen) atoms. The van der Waals surface area contributed by atoms with E-state index in [1.165, 1.54) is 0 Å². The minimum atomic E-state index is -3.32. The maximum atomic E-state index is 11.8. The molecule has 0 aromatic carbocycles. The Balaban J connectivity index is 2.45. The zero-order chi connectivity index (χ0) is 12.9. The molecule has 0 aliphatic rings. The molecular weight excluding hydrogens is 242 g/mol. The number of hydrogen-bond acceptors (Lipinski definition) is 5. The van der Waals surface area contributed by atoms with Crippen LogP contribution in [0.25, 0.3) is 0 Å². The highest BCUT2D eigenvalue weighted by atomic mass is 32.2. The molecule has 8 heteroatoms. The van der Waals surface area contributed by atoms with Crippen LogP contribution >= 0.6 is 0 Å². The van der Waals surface area contributed by atoms with E-state index in [1.54, 1.807) is 25.0 Å². The van der Waals surface area contributed by atoms with Gasteiger partial charge in [-0.1, -0.05) is 6.92 Å². The van der Waals surface area contributed by atoms with Crippen molar-refractivity contribution in [2.45, 2.75) is 25.0 Å². The van der Waals surface area contributed by atoms with Crippen molar-refractivity contribution in [1.29, 1.82) is 0 Å². The molecule has 98 valence electrons. The summed E-state index contributed by atoms with van der Waals surface area (Å²) in [7, 11) is -1.56. The van der Waals surface area contributed by atoms with E-state index < -0.39 is 15.3 Å². The summed E-state index contributed by atoms with van der Waals surface area (Å²) in [4.78, 5) is 4.01. The number of nitrogens with two attached hydrogens (primary N) is 1. The molecule has 3 N–H and O–H groups in total. The summed E-state index contributed by atoms with van der Waals surface area (Å²) in [5.41, 5.74) is 5.41. The maximum Gasteiger partial charge on any atom is 0.215 e. The van der Waals surface area contributed by atoms with E-state index in [-0.39, 0.29) is 6.54 Å². The summed E-state index contributed by atoms with van der Waals surface area (Å²) < 4.78 is 27.6. The third-order valence-electron chi connectivity index (χ3n) is 2.46. The van der Waals surface area contributed by atoms with E-state index in [1.807, 2.05) is 0 Å². The highest BCUT2D eigenvalue weighted by molar-refractivity contribution is 7.90. The van der Waals surface area contributed by atoms with Gasteiger partial charge in [-0.3, -0.25) is 4.68 Å². The summed E-state index contributed by atoms with van der Waals surface area (Å²) in [6.07, 6.45) is 2.56. The van der Waals surface area contributed by atoms with Gasteiger partial charge in [0.15, 0.2) is 5.82 Å². The van der Waals surface area contributed by atoms with E-state index in [2.05, 4.69) is 14.8 Å². The van der Waals surface area contributed by atoms with E-state index >= 15 is 0 Å². The van der Waals surface area contributed by atoms with Gasteiger partial charge >= 0.3 is 0 Å². The van der Waals surface area contributed by atoms with Crippen molar-refractivity contribution in [3.8, 4) is 0 Å². The Morgan fingerprint density at radius 2 is 2.29 bits per heavy atom. The summed E-state index contributed by atoms with van der Waals surface area (Å²) in [5.74, 6) is 0.621. The molecule has 1 aromatic heterocycles. The van der Waals surface area contributed by atoms with Crippen LogP contribution in [0.4, 0.5) is 0 Å². The molecule has 0 saturated carbocycles. The highest BCUT2D eigenvalue weighted by Gasteiger charge is 2.21. The number of nitrogens with one attached hydrogen (secondary N) is 1. The predicted molar refractivity (Wildman–Crippen MR) is 64.8 cm³/mol. The molecule has 1 unspecified atom stereocenters. The average molecular weight is 261 g/mol. The second-order valence-electron chi connectivity index (χ2n) is 3.79. The topological polar surface area (TPSA) is 103 Å². The molecule has 0 spiro atoms. The number of hydrogen-bond donors (Lipinski definition) is 2. The molecule has 0 bridgehead atoms. The van der Waals surface area contributed by atoms with Gasteiger partial charge in [0.1, 0.15) is 6.33 Å². The molecular formula is C9H19N5O2S. The Morgan fingerprint density at radius 3 is 2.76 bits per heavy atom. The Morgan fingerprint density at radius 1 is 1.59 bits per heavy atom. The third-order valence-corrected chi connectivity index (χ3v) is 4.47. The highest BCUT2D eigenvalue weighted by Crippen LogP contribution is 2.02. The average Bonchev–Trinajstić information content (AvgIpc) is 2.65. The lowest BCUT2D eigenvalue weighted by molar-refractivity contribution is 0.560. The molecule has 1 rings (SSSR count). The largest absolute Gasteiger partial charge is 0.329 e. The number of rotatable bonds is 7. The molecule has 0 radical (unpaired) electrons. The lowest BCUT2D eigenvalue weighted by atomic mass is 10.3. The number of aryl methyl sites for hydroxylation is 1. The van der Waals surface area contributed by atoms with Crippen LogP contribution in [-0.2, 0) is 23.5 Å². The van der Waals surface area contributed by atoms with Gasteiger partial charge in [0, 0.05) is 26.6 Å². The van der Waals surface area contributed by atoms with Crippen LogP contribution in [0.5, 0.6) is 0 Å². The molecule has 1 aromatic rings. The maximum absolute atomic E-state index is 11.8. The van der Waals surface area contributed by atoms with Gasteiger partial charge in [-0.2, -0.15) is 5.10 Å². The fourth-order valence-corrected chi connectivity index (χ4v) is 2.75. The SMILES string of the molecule is CCC(CN)S(=O)(=O)NCCc1ncn(C)n1. The van der Waals surface area contributed by atoms with Crippen LogP contribution in [0.15, 0.2) is 6.33 Å². The van der Waals surface area contributed by atoms with E-state index in [0.717, 1.165) is 0 Å². The van der Waals surface area contributed by atoms with Gasteiger partial charge in [0.2, 0.25) is 10.0 Å². The lowest BCUT2D eigenvalue weighted by Crippen LogP contribution is -2.39. The first-order valence-electron chi connectivity index (χ1n) is 5.52. The minimum absolute atomic E-state index is 0.133. The molecule has 7 nitrogen and oxygen atoms in total. The second-order valence-corrected chi connectivity index (χ2v) is 5.84. The van der Waals surface area contributed by atoms with Gasteiger partial charge in [-0.15, -0.1) is 0 Å². The summed E-state index contributed by atoms with van der Waals surface area (Å²) in [5, 5.41) is 3.53. The van der Waals surface area contributed by atoms with Crippen LogP contribution in [-0.4, -0.2) is 41.5 Å². The summed E-state index contributed by atoms with van der Waals surface area (Å²) >= 11 is 0. The second kappa shape index (κ2) is 6.08. The van der Waals surface area contributed by atoms with Crippen molar-refractivity contribution in [2.75, 3.05) is 13.1 Å². The third kappa shape index (κ3) is 4.06. The Hall–Kier alpha value is -0.990. The van der Waals surface area contributed by atoms with Crippen molar-refractivity contribution in [2.24, 2.45) is 12.8 Å². The van der Waals surface area contributed by atoms with Crippen molar-refractivity contribution in [3.05, 3.63) is 12.2 Å². The van der Waals surface area contributed by atoms with Crippen molar-refractivity contribution >= 4 is 10.0 Å². The quantitative estimate of drug-likeness (QED) is 0.656. The van der Waals surface area contributed by atoms with Crippen LogP contribution in [0.1, 0.15) is 19.2 Å². The van der Waals surface area contributed by atoms with Gasteiger partial charge in [0.05, 0.1) is 5.25 Å². The van der Waals surface area contributed by atoms with Gasteiger partial charge in [-0.25, -0.2) is 18.1 Å². The first-order chi connectivity index (χ1) is 7.99. The Bertz CT molecular complexity index is 438. The molecule has 0 saturated heterocycles. The molecule has 0 amide bonds. The van der Waals surface area contributed by atoms with Gasteiger partial charge in [-0.05, 0) is 6.42 Å². The predicted octanol–water partition coefficient (Wildman–Crippen LogP) is -0.986. The van der Waals surface area contributed by atoms with Crippen molar-refractivity contribution in [3.63, 3.8) is 0 Å². The normalized spacial score (nSPS) is 13.8. The lowest BCUT2D eigenvalue weighted by Gasteiger charge is -2.13. The summed E-state index contributed by atoms with van der Waals surface area (Å²) in [6.45, 7) is 2.23. The van der Waals surface area contributed by atoms with E-state index in [9.17, 15) is 8.42 Å². The first-order valence-corrected chi connectivity index (χ1v) is 7.07. The number of sulfonamides is 1. The number of nitrogens with zero attached hydrogens (tertiary/aromatic N) is 3. The first kappa shape index (κ1) is 14.1. The van der Waals surface area contributed by atoms with Crippen molar-refractivity contribution in [1.82, 2.24) is 19.5 Å². The van der Waals surface area contributed by atoms with Crippen LogP contribution in [0.3, 0.4) is 0 Å². The fourth-order valence-electron chi connectivity index (χ4n) is 1.43. The molecule has 1 atom stereocenters. The Labute approximate surface area is 101 Å². The standard InChI is InChI=1S/C9H19N5O2S/c1-3-8(6-10)17(15,16)12-5-4-9-11-7-14(2)13-9/h7-8,12H,3-6,10H2,1-2H3. The monoisotopic (exact) mass is 261 g/mol. The van der Waals surface area contributed by atoms with Gasteiger partial charge in [0.25, 0.3) is 0 Å². The smallest absolute Gasteiger partial charge is 0.215 e. The van der Waals surface area contributed by atoms with Crippen LogP contribution in [0.2, 0.25) is 0 Å². The molecule has 0 aliphatic heterocycles. The molecule has 0 fully saturated rings. The zero-order valence-electron chi connectivity index (χ0n) is 10.1. The zero-order valence-corrected chi connectivity index (χ0v) is 10.9. The van der Waals surface area contributed by atoms with E-state index in [4.69, 9.17) is 5.73 Å². The van der Waals surface area contributed by atoms with Crippen LogP contribution in [0, 0.1) is 0 Å². The number of aromatic nitrogens is 3. The Kier molecular flexibility index (Phi) is 5.03. The molecule has 0 aliphatic carbocycles. The van der Waals surface area contributed by atoms with Crippen molar-refractivity contribution < 1.29 is 8.42 Å². The molecule has 1 heterocycles. The van der Waals surface area contributed by atoms with Crippen LogP contribution < -0.4 is 10.5 Å². The van der Waals surface area contributed by atoms with E-state index in [0.29, 0.717) is 25.2 Å². The summed E-state index contributed by atoms with van der Waals surface area (Å²) in [6, 6.07) is 0. The fraction of sp³-hybridized carbons (Fsp3) is 0.778.